The molecule has 1 aromatic carbocycles. The van der Waals surface area contributed by atoms with Gasteiger partial charge in [0.25, 0.3) is 0 Å². The second-order valence-electron chi connectivity index (χ2n) is 4.25. The standard InChI is InChI=1S/C15H18BrNOS/c1-2-17(12-15-7-4-10-19-15)8-9-18-14-6-3-5-13(16)11-14/h3-7,10-11H,2,8-9,12H2,1H3. The fraction of sp³-hybridized carbons (Fsp3) is 0.333. The largest absolute Gasteiger partial charge is 0.492 e. The van der Waals surface area contributed by atoms with Crippen molar-refractivity contribution in [3.05, 3.63) is 51.1 Å². The molecule has 0 saturated carbocycles. The second-order valence-corrected chi connectivity index (χ2v) is 6.20. The van der Waals surface area contributed by atoms with Crippen LogP contribution in [-0.2, 0) is 6.54 Å². The third-order valence-corrected chi connectivity index (χ3v) is 4.23. The van der Waals surface area contributed by atoms with E-state index in [1.165, 1.54) is 4.88 Å². The summed E-state index contributed by atoms with van der Waals surface area (Å²) in [5.74, 6) is 0.918. The van der Waals surface area contributed by atoms with Crippen LogP contribution in [0, 0.1) is 0 Å². The van der Waals surface area contributed by atoms with Gasteiger partial charge in [-0.25, -0.2) is 0 Å². The van der Waals surface area contributed by atoms with Crippen LogP contribution in [0.25, 0.3) is 0 Å². The van der Waals surface area contributed by atoms with Gasteiger partial charge in [-0.2, -0.15) is 0 Å². The minimum absolute atomic E-state index is 0.718. The molecule has 0 radical (unpaired) electrons. The third-order valence-electron chi connectivity index (χ3n) is 2.88. The van der Waals surface area contributed by atoms with Crippen molar-refractivity contribution in [2.45, 2.75) is 13.5 Å². The van der Waals surface area contributed by atoms with Gasteiger partial charge in [0.1, 0.15) is 12.4 Å². The van der Waals surface area contributed by atoms with Gasteiger partial charge in [0.05, 0.1) is 0 Å². The van der Waals surface area contributed by atoms with Gasteiger partial charge in [-0.15, -0.1) is 11.3 Å². The molecule has 0 aliphatic heterocycles. The molecule has 0 N–H and O–H groups in total. The molecule has 102 valence electrons. The molecule has 0 saturated heterocycles. The first-order chi connectivity index (χ1) is 9.28. The lowest BCUT2D eigenvalue weighted by atomic mass is 10.3. The van der Waals surface area contributed by atoms with Crippen LogP contribution in [0.15, 0.2) is 46.3 Å². The van der Waals surface area contributed by atoms with E-state index in [1.54, 1.807) is 0 Å². The Balaban J connectivity index is 1.77. The van der Waals surface area contributed by atoms with E-state index in [-0.39, 0.29) is 0 Å². The Morgan fingerprint density at radius 3 is 2.84 bits per heavy atom. The van der Waals surface area contributed by atoms with Crippen molar-refractivity contribution in [1.82, 2.24) is 4.90 Å². The molecule has 2 rings (SSSR count). The molecule has 1 heterocycles. The Bertz CT molecular complexity index is 487. The van der Waals surface area contributed by atoms with Crippen LogP contribution in [0.5, 0.6) is 5.75 Å². The van der Waals surface area contributed by atoms with Crippen molar-refractivity contribution in [2.75, 3.05) is 19.7 Å². The Morgan fingerprint density at radius 2 is 2.16 bits per heavy atom. The summed E-state index contributed by atoms with van der Waals surface area (Å²) < 4.78 is 6.82. The van der Waals surface area contributed by atoms with E-state index >= 15 is 0 Å². The number of benzene rings is 1. The van der Waals surface area contributed by atoms with Crippen LogP contribution < -0.4 is 4.74 Å². The fourth-order valence-electron chi connectivity index (χ4n) is 1.82. The minimum Gasteiger partial charge on any atom is -0.492 e. The predicted octanol–water partition coefficient (Wildman–Crippen LogP) is 4.41. The molecule has 0 amide bonds. The number of ether oxygens (including phenoxy) is 1. The average molecular weight is 340 g/mol. The maximum absolute atomic E-state index is 5.77. The Morgan fingerprint density at radius 1 is 1.26 bits per heavy atom. The molecule has 0 fully saturated rings. The molecule has 4 heteroatoms. The molecule has 0 unspecified atom stereocenters. The number of hydrogen-bond acceptors (Lipinski definition) is 3. The molecule has 0 bridgehead atoms. The normalized spacial score (nSPS) is 10.9. The topological polar surface area (TPSA) is 12.5 Å². The lowest BCUT2D eigenvalue weighted by Crippen LogP contribution is -2.27. The molecule has 0 atom stereocenters. The maximum Gasteiger partial charge on any atom is 0.120 e. The maximum atomic E-state index is 5.77. The molecule has 0 aliphatic carbocycles. The molecule has 2 aromatic rings. The summed E-state index contributed by atoms with van der Waals surface area (Å²) in [6.45, 7) is 5.90. The summed E-state index contributed by atoms with van der Waals surface area (Å²) in [6, 6.07) is 12.3. The van der Waals surface area contributed by atoms with Gasteiger partial charge in [0, 0.05) is 22.4 Å². The van der Waals surface area contributed by atoms with Gasteiger partial charge >= 0.3 is 0 Å². The molecule has 19 heavy (non-hydrogen) atoms. The number of nitrogens with zero attached hydrogens (tertiary/aromatic N) is 1. The van der Waals surface area contributed by atoms with E-state index in [0.29, 0.717) is 0 Å². The lowest BCUT2D eigenvalue weighted by Gasteiger charge is -2.19. The van der Waals surface area contributed by atoms with E-state index < -0.39 is 0 Å². The van der Waals surface area contributed by atoms with Crippen LogP contribution in [0.2, 0.25) is 0 Å². The summed E-state index contributed by atoms with van der Waals surface area (Å²) in [4.78, 5) is 3.80. The van der Waals surface area contributed by atoms with E-state index in [1.807, 2.05) is 35.6 Å². The first-order valence-corrected chi connectivity index (χ1v) is 8.08. The van der Waals surface area contributed by atoms with Crippen LogP contribution in [-0.4, -0.2) is 24.6 Å². The second kappa shape index (κ2) is 7.68. The number of rotatable bonds is 7. The fourth-order valence-corrected chi connectivity index (χ4v) is 2.95. The van der Waals surface area contributed by atoms with Gasteiger partial charge in [-0.1, -0.05) is 35.0 Å². The Hall–Kier alpha value is -0.840. The molecular formula is C15H18BrNOS. The molecule has 2 nitrogen and oxygen atoms in total. The molecule has 0 aliphatic rings. The highest BCUT2D eigenvalue weighted by Crippen LogP contribution is 2.17. The highest BCUT2D eigenvalue weighted by molar-refractivity contribution is 9.10. The van der Waals surface area contributed by atoms with E-state index in [4.69, 9.17) is 4.74 Å². The quantitative estimate of drug-likeness (QED) is 0.740. The third kappa shape index (κ3) is 4.97. The minimum atomic E-state index is 0.718. The highest BCUT2D eigenvalue weighted by Gasteiger charge is 2.04. The zero-order chi connectivity index (χ0) is 13.5. The molecular weight excluding hydrogens is 322 g/mol. The first-order valence-electron chi connectivity index (χ1n) is 6.41. The number of likely N-dealkylation sites (N-methyl/N-ethyl adjacent to an activating group) is 1. The van der Waals surface area contributed by atoms with E-state index in [9.17, 15) is 0 Å². The van der Waals surface area contributed by atoms with Gasteiger partial charge in [-0.05, 0) is 36.2 Å². The zero-order valence-electron chi connectivity index (χ0n) is 11.0. The van der Waals surface area contributed by atoms with Crippen LogP contribution >= 0.6 is 27.3 Å². The number of hydrogen-bond donors (Lipinski definition) is 0. The van der Waals surface area contributed by atoms with Crippen molar-refractivity contribution in [1.29, 1.82) is 0 Å². The SMILES string of the molecule is CCN(CCOc1cccc(Br)c1)Cc1cccs1. The van der Waals surface area contributed by atoms with Gasteiger partial charge in [0.2, 0.25) is 0 Å². The smallest absolute Gasteiger partial charge is 0.120 e. The van der Waals surface area contributed by atoms with Crippen LogP contribution in [0.3, 0.4) is 0 Å². The van der Waals surface area contributed by atoms with Crippen LogP contribution in [0.1, 0.15) is 11.8 Å². The highest BCUT2D eigenvalue weighted by atomic mass is 79.9. The Kier molecular flexibility index (Phi) is 5.89. The van der Waals surface area contributed by atoms with Crippen molar-refractivity contribution < 1.29 is 4.74 Å². The van der Waals surface area contributed by atoms with Gasteiger partial charge in [0.15, 0.2) is 0 Å². The summed E-state index contributed by atoms with van der Waals surface area (Å²) in [6.07, 6.45) is 0. The number of thiophene rings is 1. The van der Waals surface area contributed by atoms with Gasteiger partial charge < -0.3 is 4.74 Å². The zero-order valence-corrected chi connectivity index (χ0v) is 13.4. The van der Waals surface area contributed by atoms with Crippen molar-refractivity contribution >= 4 is 27.3 Å². The summed E-state index contributed by atoms with van der Waals surface area (Å²) in [5, 5.41) is 2.13. The summed E-state index contributed by atoms with van der Waals surface area (Å²) in [5.41, 5.74) is 0. The van der Waals surface area contributed by atoms with Gasteiger partial charge in [-0.3, -0.25) is 4.90 Å². The van der Waals surface area contributed by atoms with Crippen LogP contribution in [0.4, 0.5) is 0 Å². The number of halogens is 1. The first kappa shape index (κ1) is 14.6. The van der Waals surface area contributed by atoms with E-state index in [2.05, 4.69) is 45.3 Å². The molecule has 0 spiro atoms. The lowest BCUT2D eigenvalue weighted by molar-refractivity contribution is 0.211. The monoisotopic (exact) mass is 339 g/mol. The molecule has 1 aromatic heterocycles. The van der Waals surface area contributed by atoms with Crippen molar-refractivity contribution in [3.8, 4) is 5.75 Å². The summed E-state index contributed by atoms with van der Waals surface area (Å²) >= 11 is 5.26. The Labute approximate surface area is 127 Å². The van der Waals surface area contributed by atoms with Crippen molar-refractivity contribution in [3.63, 3.8) is 0 Å². The van der Waals surface area contributed by atoms with E-state index in [0.717, 1.165) is 36.5 Å². The van der Waals surface area contributed by atoms with Crippen molar-refractivity contribution in [2.24, 2.45) is 0 Å². The predicted molar refractivity (Wildman–Crippen MR) is 84.9 cm³/mol. The summed E-state index contributed by atoms with van der Waals surface area (Å²) in [7, 11) is 0. The average Bonchev–Trinajstić information content (AvgIpc) is 2.90.